The summed E-state index contributed by atoms with van der Waals surface area (Å²) in [6, 6.07) is 78.8. The fourth-order valence-corrected chi connectivity index (χ4v) is 14.1. The number of hydrogen-bond acceptors (Lipinski definition) is 2. The number of aromatic nitrogens is 1. The summed E-state index contributed by atoms with van der Waals surface area (Å²) in [7, 11) is 0. The molecule has 0 atom stereocenters. The van der Waals surface area contributed by atoms with E-state index >= 15 is 0 Å². The first-order valence-corrected chi connectivity index (χ1v) is 27.6. The largest absolute Gasteiger partial charge is 0.458 e. The maximum Gasteiger partial charge on any atom is 0.256 e. The quantitative estimate of drug-likeness (QED) is 0.164. The number of benzene rings is 10. The van der Waals surface area contributed by atoms with E-state index in [2.05, 4.69) is 278 Å². The Bertz CT molecular complexity index is 4260. The first-order valence-electron chi connectivity index (χ1n) is 27.6. The zero-order valence-corrected chi connectivity index (χ0v) is 45.5. The summed E-state index contributed by atoms with van der Waals surface area (Å²) in [5, 5.41) is 2.43. The monoisotopic (exact) mass is 992 g/mol. The number of nitrogens with zero attached hydrogens (tertiary/aromatic N) is 2. The minimum absolute atomic E-state index is 0.00646. The highest BCUT2D eigenvalue weighted by Gasteiger charge is 2.53. The molecule has 3 nitrogen and oxygen atoms in total. The number of anilines is 3. The van der Waals surface area contributed by atoms with Gasteiger partial charge in [0.1, 0.15) is 11.5 Å². The molecule has 3 heterocycles. The molecule has 0 fully saturated rings. The molecule has 372 valence electrons. The fraction of sp³-hybridized carbons (Fsp3) is 0.178. The normalized spacial score (nSPS) is 14.5. The molecular formula is C73H61BN2O. The van der Waals surface area contributed by atoms with Crippen LogP contribution in [-0.4, -0.2) is 11.3 Å². The Labute approximate surface area is 453 Å². The van der Waals surface area contributed by atoms with Crippen LogP contribution in [0.3, 0.4) is 0 Å². The Morgan fingerprint density at radius 1 is 0.390 bits per heavy atom. The molecule has 0 bridgehead atoms. The zero-order valence-electron chi connectivity index (χ0n) is 45.5. The van der Waals surface area contributed by atoms with Crippen LogP contribution in [0, 0.1) is 0 Å². The van der Waals surface area contributed by atoms with Gasteiger partial charge in [0.05, 0.1) is 22.1 Å². The molecule has 1 spiro atoms. The van der Waals surface area contributed by atoms with E-state index in [0.717, 1.165) is 34.1 Å². The minimum Gasteiger partial charge on any atom is -0.458 e. The van der Waals surface area contributed by atoms with E-state index in [1.54, 1.807) is 0 Å². The van der Waals surface area contributed by atoms with Crippen LogP contribution < -0.4 is 26.0 Å². The number of ether oxygens (including phenoxy) is 1. The molecule has 10 aromatic carbocycles. The van der Waals surface area contributed by atoms with Gasteiger partial charge in [-0.1, -0.05) is 226 Å². The standard InChI is InChI=1S/C73H61BN2O/c1-70(2,3)44-32-36-47(37-33-44)75-63-38-34-45(71(4,5)6)40-60(63)74-61-41-46(72(7,8)9)35-39-65(61)77-66-43-48(42-64(75)68(66)74)76-62-31-17-13-23-52(62)55-26-19-27-56(69(55)76)54-25-18-24-53-51-22-12-16-30-59(51)73(67(53)54)57-28-14-10-20-49(57)50-21-11-15-29-58(50)73/h10-43H,1-9H3. The molecule has 2 aliphatic heterocycles. The molecule has 0 N–H and O–H groups in total. The summed E-state index contributed by atoms with van der Waals surface area (Å²) in [5.74, 6) is 1.80. The first kappa shape index (κ1) is 46.0. The van der Waals surface area contributed by atoms with Gasteiger partial charge in [0, 0.05) is 39.5 Å². The average molecular weight is 993 g/mol. The lowest BCUT2D eigenvalue weighted by molar-refractivity contribution is 0.486. The van der Waals surface area contributed by atoms with Crippen molar-refractivity contribution < 1.29 is 4.74 Å². The third-order valence-electron chi connectivity index (χ3n) is 17.7. The molecular weight excluding hydrogens is 932 g/mol. The van der Waals surface area contributed by atoms with E-state index in [9.17, 15) is 0 Å². The number of hydrogen-bond donors (Lipinski definition) is 0. The highest BCUT2D eigenvalue weighted by atomic mass is 16.5. The molecule has 15 rings (SSSR count). The van der Waals surface area contributed by atoms with Crippen molar-refractivity contribution in [1.29, 1.82) is 0 Å². The average Bonchev–Trinajstić information content (AvgIpc) is 4.25. The Hall–Kier alpha value is -8.34. The molecule has 4 aliphatic rings. The molecule has 2 aliphatic carbocycles. The molecule has 4 heteroatoms. The van der Waals surface area contributed by atoms with Crippen LogP contribution in [0.1, 0.15) is 101 Å². The Morgan fingerprint density at radius 3 is 1.55 bits per heavy atom. The van der Waals surface area contributed by atoms with E-state index in [0.29, 0.717) is 0 Å². The van der Waals surface area contributed by atoms with Gasteiger partial charge >= 0.3 is 0 Å². The van der Waals surface area contributed by atoms with Gasteiger partial charge in [-0.2, -0.15) is 0 Å². The Balaban J connectivity index is 1.04. The molecule has 77 heavy (non-hydrogen) atoms. The van der Waals surface area contributed by atoms with Crippen LogP contribution in [0.2, 0.25) is 0 Å². The van der Waals surface area contributed by atoms with Gasteiger partial charge in [-0.3, -0.25) is 0 Å². The molecule has 0 amide bonds. The summed E-state index contributed by atoms with van der Waals surface area (Å²) in [6.07, 6.45) is 0. The van der Waals surface area contributed by atoms with Gasteiger partial charge in [-0.05, 0) is 136 Å². The van der Waals surface area contributed by atoms with Crippen LogP contribution in [0.25, 0.3) is 60.9 Å². The lowest BCUT2D eigenvalue weighted by Crippen LogP contribution is -2.60. The number of fused-ring (bicyclic) bond motifs is 17. The smallest absolute Gasteiger partial charge is 0.256 e. The highest BCUT2D eigenvalue weighted by molar-refractivity contribution is 6.99. The summed E-state index contributed by atoms with van der Waals surface area (Å²) in [4.78, 5) is 2.53. The third-order valence-corrected chi connectivity index (χ3v) is 17.7. The van der Waals surface area contributed by atoms with Gasteiger partial charge in [0.2, 0.25) is 0 Å². The van der Waals surface area contributed by atoms with Gasteiger partial charge in [-0.25, -0.2) is 0 Å². The van der Waals surface area contributed by atoms with E-state index in [1.165, 1.54) is 111 Å². The fourth-order valence-electron chi connectivity index (χ4n) is 14.1. The second-order valence-electron chi connectivity index (χ2n) is 25.2. The Morgan fingerprint density at radius 2 is 0.896 bits per heavy atom. The summed E-state index contributed by atoms with van der Waals surface area (Å²) in [5.41, 5.74) is 26.9. The maximum atomic E-state index is 7.42. The van der Waals surface area contributed by atoms with Crippen molar-refractivity contribution in [1.82, 2.24) is 4.57 Å². The van der Waals surface area contributed by atoms with Crippen LogP contribution >= 0.6 is 0 Å². The molecule has 0 radical (unpaired) electrons. The van der Waals surface area contributed by atoms with Crippen molar-refractivity contribution in [3.63, 3.8) is 0 Å². The Kier molecular flexibility index (Phi) is 9.48. The van der Waals surface area contributed by atoms with Crippen molar-refractivity contribution in [2.75, 3.05) is 4.90 Å². The van der Waals surface area contributed by atoms with Crippen molar-refractivity contribution in [3.8, 4) is 50.6 Å². The van der Waals surface area contributed by atoms with Crippen molar-refractivity contribution in [2.24, 2.45) is 0 Å². The van der Waals surface area contributed by atoms with Crippen LogP contribution in [0.4, 0.5) is 17.1 Å². The highest BCUT2D eigenvalue weighted by Crippen LogP contribution is 2.65. The lowest BCUT2D eigenvalue weighted by Gasteiger charge is -2.41. The molecule has 0 saturated carbocycles. The van der Waals surface area contributed by atoms with Crippen LogP contribution in [0.5, 0.6) is 11.5 Å². The lowest BCUT2D eigenvalue weighted by atomic mass is 9.33. The minimum atomic E-state index is -0.517. The topological polar surface area (TPSA) is 17.4 Å². The molecule has 0 unspecified atom stereocenters. The van der Waals surface area contributed by atoms with Crippen LogP contribution in [-0.2, 0) is 21.7 Å². The van der Waals surface area contributed by atoms with Crippen LogP contribution in [0.15, 0.2) is 206 Å². The van der Waals surface area contributed by atoms with Crippen molar-refractivity contribution in [3.05, 3.63) is 245 Å². The summed E-state index contributed by atoms with van der Waals surface area (Å²) >= 11 is 0. The zero-order chi connectivity index (χ0) is 52.5. The first-order chi connectivity index (χ1) is 37.1. The predicted molar refractivity (Wildman–Crippen MR) is 324 cm³/mol. The van der Waals surface area contributed by atoms with Crippen molar-refractivity contribution in [2.45, 2.75) is 84.0 Å². The third kappa shape index (κ3) is 6.39. The van der Waals surface area contributed by atoms with Gasteiger partial charge < -0.3 is 14.2 Å². The van der Waals surface area contributed by atoms with E-state index in [-0.39, 0.29) is 23.0 Å². The van der Waals surface area contributed by atoms with E-state index < -0.39 is 5.41 Å². The summed E-state index contributed by atoms with van der Waals surface area (Å²) in [6.45, 7) is 20.8. The predicted octanol–water partition coefficient (Wildman–Crippen LogP) is 17.1. The maximum absolute atomic E-state index is 7.42. The molecule has 0 saturated heterocycles. The number of rotatable bonds is 3. The summed E-state index contributed by atoms with van der Waals surface area (Å²) < 4.78 is 9.97. The second kappa shape index (κ2) is 15.9. The van der Waals surface area contributed by atoms with E-state index in [4.69, 9.17) is 4.74 Å². The van der Waals surface area contributed by atoms with Crippen molar-refractivity contribution >= 4 is 62.0 Å². The SMILES string of the molecule is CC(C)(C)c1ccc(N2c3ccc(C(C)(C)C)cc3B3c4cc(C(C)(C)C)ccc4Oc4cc(-n5c6ccccc6c6cccc(-c7cccc8c7C7(c9ccccc9-c9ccccc97)c7ccccc7-8)c65)cc2c43)cc1. The molecule has 1 aromatic heterocycles. The van der Waals surface area contributed by atoms with Gasteiger partial charge in [0.15, 0.2) is 0 Å². The molecule has 11 aromatic rings. The second-order valence-corrected chi connectivity index (χ2v) is 25.2. The number of para-hydroxylation sites is 2. The van der Waals surface area contributed by atoms with Gasteiger partial charge in [-0.15, -0.1) is 0 Å². The van der Waals surface area contributed by atoms with Gasteiger partial charge in [0.25, 0.3) is 6.71 Å². The van der Waals surface area contributed by atoms with E-state index in [1.807, 2.05) is 0 Å².